The summed E-state index contributed by atoms with van der Waals surface area (Å²) in [4.78, 5) is 22.7. The van der Waals surface area contributed by atoms with E-state index in [0.29, 0.717) is 6.54 Å². The van der Waals surface area contributed by atoms with Gasteiger partial charge in [0.2, 0.25) is 5.91 Å². The van der Waals surface area contributed by atoms with Gasteiger partial charge in [-0.2, -0.15) is 0 Å². The largest absolute Gasteiger partial charge is 0.480 e. The molecule has 0 saturated heterocycles. The molecule has 1 rings (SSSR count). The lowest BCUT2D eigenvalue weighted by molar-refractivity contribution is -0.143. The van der Waals surface area contributed by atoms with E-state index in [-0.39, 0.29) is 5.91 Å². The fourth-order valence-electron chi connectivity index (χ4n) is 2.16. The predicted molar refractivity (Wildman–Crippen MR) is 59.8 cm³/mol. The van der Waals surface area contributed by atoms with Gasteiger partial charge in [0.05, 0.1) is 5.41 Å². The fourth-order valence-corrected chi connectivity index (χ4v) is 2.16. The molecule has 0 heterocycles. The first-order valence-corrected chi connectivity index (χ1v) is 5.76. The van der Waals surface area contributed by atoms with Crippen molar-refractivity contribution in [3.63, 3.8) is 0 Å². The molecule has 0 aliphatic heterocycles. The van der Waals surface area contributed by atoms with Crippen LogP contribution in [0, 0.1) is 5.41 Å². The molecule has 1 atom stereocenters. The number of rotatable bonds is 4. The average molecular weight is 228 g/mol. The molecule has 1 amide bonds. The molecule has 1 aliphatic rings. The molecule has 0 aromatic rings. The molecule has 5 nitrogen and oxygen atoms in total. The predicted octanol–water partition coefficient (Wildman–Crippen LogP) is 0.485. The van der Waals surface area contributed by atoms with Crippen molar-refractivity contribution in [2.24, 2.45) is 11.1 Å². The van der Waals surface area contributed by atoms with Crippen LogP contribution in [-0.2, 0) is 9.59 Å². The number of carbonyl (C=O) groups is 2. The van der Waals surface area contributed by atoms with E-state index in [9.17, 15) is 9.59 Å². The van der Waals surface area contributed by atoms with Gasteiger partial charge in [-0.25, -0.2) is 0 Å². The van der Waals surface area contributed by atoms with Crippen LogP contribution < -0.4 is 11.1 Å². The van der Waals surface area contributed by atoms with Gasteiger partial charge in [-0.1, -0.05) is 19.3 Å². The maximum atomic E-state index is 12.0. The smallest absolute Gasteiger partial charge is 0.325 e. The van der Waals surface area contributed by atoms with E-state index >= 15 is 0 Å². The van der Waals surface area contributed by atoms with Crippen LogP contribution in [-0.4, -0.2) is 29.6 Å². The van der Waals surface area contributed by atoms with Crippen molar-refractivity contribution in [3.05, 3.63) is 0 Å². The van der Waals surface area contributed by atoms with E-state index in [0.717, 1.165) is 32.1 Å². The van der Waals surface area contributed by atoms with Crippen LogP contribution >= 0.6 is 0 Å². The van der Waals surface area contributed by atoms with Gasteiger partial charge in [0.25, 0.3) is 0 Å². The number of carboxylic acids is 1. The molecule has 0 radical (unpaired) electrons. The van der Waals surface area contributed by atoms with Crippen LogP contribution in [0.5, 0.6) is 0 Å². The van der Waals surface area contributed by atoms with Gasteiger partial charge in [-0.3, -0.25) is 9.59 Å². The number of aliphatic carboxylic acids is 1. The first-order chi connectivity index (χ1) is 7.52. The Morgan fingerprint density at radius 3 is 2.38 bits per heavy atom. The summed E-state index contributed by atoms with van der Waals surface area (Å²) in [6, 6.07) is -0.849. The second kappa shape index (κ2) is 5.30. The normalized spacial score (nSPS) is 21.1. The molecule has 4 N–H and O–H groups in total. The van der Waals surface area contributed by atoms with E-state index < -0.39 is 17.4 Å². The summed E-state index contributed by atoms with van der Waals surface area (Å²) < 4.78 is 0. The molecule has 5 heteroatoms. The van der Waals surface area contributed by atoms with Crippen molar-refractivity contribution in [2.45, 2.75) is 45.1 Å². The number of nitrogens with two attached hydrogens (primary N) is 1. The number of carboxylic acid groups (broad SMARTS) is 1. The Balaban J connectivity index is 2.65. The molecule has 92 valence electrons. The molecule has 0 spiro atoms. The van der Waals surface area contributed by atoms with Gasteiger partial charge in [0, 0.05) is 6.54 Å². The molecule has 0 bridgehead atoms. The van der Waals surface area contributed by atoms with E-state index in [4.69, 9.17) is 10.8 Å². The summed E-state index contributed by atoms with van der Waals surface area (Å²) in [5.74, 6) is -1.22. The zero-order chi connectivity index (χ0) is 12.2. The molecule has 16 heavy (non-hydrogen) atoms. The lowest BCUT2D eigenvalue weighted by atomic mass is 9.73. The summed E-state index contributed by atoms with van der Waals surface area (Å²) in [6.45, 7) is 1.76. The van der Waals surface area contributed by atoms with Crippen molar-refractivity contribution in [3.8, 4) is 0 Å². The zero-order valence-electron chi connectivity index (χ0n) is 9.66. The highest BCUT2D eigenvalue weighted by Gasteiger charge is 2.39. The highest BCUT2D eigenvalue weighted by molar-refractivity contribution is 5.87. The molecule has 1 aliphatic carbocycles. The number of carbonyl (C=O) groups excluding carboxylic acids is 1. The van der Waals surface area contributed by atoms with Crippen molar-refractivity contribution in [2.75, 3.05) is 6.54 Å². The third-order valence-corrected chi connectivity index (χ3v) is 3.40. The quantitative estimate of drug-likeness (QED) is 0.652. The summed E-state index contributed by atoms with van der Waals surface area (Å²) in [5.41, 5.74) is 5.14. The van der Waals surface area contributed by atoms with Crippen molar-refractivity contribution >= 4 is 11.9 Å². The molecule has 1 fully saturated rings. The third-order valence-electron chi connectivity index (χ3n) is 3.40. The zero-order valence-corrected chi connectivity index (χ0v) is 9.66. The van der Waals surface area contributed by atoms with E-state index in [2.05, 4.69) is 5.32 Å². The minimum absolute atomic E-state index is 0.204. The van der Waals surface area contributed by atoms with Crippen LogP contribution in [0.2, 0.25) is 0 Å². The topological polar surface area (TPSA) is 92.4 Å². The molecule has 1 unspecified atom stereocenters. The van der Waals surface area contributed by atoms with Gasteiger partial charge in [-0.05, 0) is 19.8 Å². The average Bonchev–Trinajstić information content (AvgIpc) is 2.29. The monoisotopic (exact) mass is 228 g/mol. The van der Waals surface area contributed by atoms with Crippen LogP contribution in [0.3, 0.4) is 0 Å². The van der Waals surface area contributed by atoms with Crippen molar-refractivity contribution in [1.29, 1.82) is 0 Å². The number of hydrogen-bond donors (Lipinski definition) is 3. The van der Waals surface area contributed by atoms with Crippen LogP contribution in [0.1, 0.15) is 39.0 Å². The van der Waals surface area contributed by atoms with Gasteiger partial charge < -0.3 is 16.2 Å². The molecule has 0 aromatic heterocycles. The maximum absolute atomic E-state index is 12.0. The Labute approximate surface area is 95.4 Å². The van der Waals surface area contributed by atoms with Gasteiger partial charge >= 0.3 is 5.97 Å². The highest BCUT2D eigenvalue weighted by atomic mass is 16.4. The van der Waals surface area contributed by atoms with Crippen molar-refractivity contribution < 1.29 is 14.7 Å². The number of nitrogens with one attached hydrogen (secondary N) is 1. The molecule has 1 saturated carbocycles. The Bertz CT molecular complexity index is 272. The number of hydrogen-bond acceptors (Lipinski definition) is 3. The van der Waals surface area contributed by atoms with E-state index in [1.54, 1.807) is 0 Å². The second-order valence-corrected chi connectivity index (χ2v) is 4.58. The van der Waals surface area contributed by atoms with Crippen LogP contribution in [0.25, 0.3) is 0 Å². The van der Waals surface area contributed by atoms with E-state index in [1.165, 1.54) is 6.92 Å². The molecular weight excluding hydrogens is 208 g/mol. The highest BCUT2D eigenvalue weighted by Crippen LogP contribution is 2.35. The third kappa shape index (κ3) is 2.72. The van der Waals surface area contributed by atoms with Crippen molar-refractivity contribution in [1.82, 2.24) is 5.32 Å². The van der Waals surface area contributed by atoms with Gasteiger partial charge in [0.1, 0.15) is 6.04 Å². The summed E-state index contributed by atoms with van der Waals surface area (Å²) in [6.07, 6.45) is 4.64. The summed E-state index contributed by atoms with van der Waals surface area (Å²) in [7, 11) is 0. The van der Waals surface area contributed by atoms with Crippen LogP contribution in [0.4, 0.5) is 0 Å². The number of amides is 1. The minimum Gasteiger partial charge on any atom is -0.480 e. The standard InChI is InChI=1S/C11H20N2O3/c1-8(9(14)15)13-10(16)11(7-12)5-3-2-4-6-11/h8H,2-7,12H2,1H3,(H,13,16)(H,14,15). The maximum Gasteiger partial charge on any atom is 0.325 e. The SMILES string of the molecule is CC(NC(=O)C1(CN)CCCCC1)C(=O)O. The van der Waals surface area contributed by atoms with E-state index in [1.807, 2.05) is 0 Å². The Morgan fingerprint density at radius 2 is 1.94 bits per heavy atom. The summed E-state index contributed by atoms with van der Waals surface area (Å²) in [5, 5.41) is 11.3. The lowest BCUT2D eigenvalue weighted by Crippen LogP contribution is -2.51. The lowest BCUT2D eigenvalue weighted by Gasteiger charge is -2.35. The molecule has 0 aromatic carbocycles. The second-order valence-electron chi connectivity index (χ2n) is 4.58. The summed E-state index contributed by atoms with van der Waals surface area (Å²) >= 11 is 0. The molecular formula is C11H20N2O3. The minimum atomic E-state index is -1.02. The fraction of sp³-hybridized carbons (Fsp3) is 0.818. The Kier molecular flexibility index (Phi) is 4.29. The Morgan fingerprint density at radius 1 is 1.38 bits per heavy atom. The Hall–Kier alpha value is -1.10. The van der Waals surface area contributed by atoms with Crippen LogP contribution in [0.15, 0.2) is 0 Å². The van der Waals surface area contributed by atoms with Gasteiger partial charge in [0.15, 0.2) is 0 Å². The van der Waals surface area contributed by atoms with Gasteiger partial charge in [-0.15, -0.1) is 0 Å². The first-order valence-electron chi connectivity index (χ1n) is 5.76. The first kappa shape index (κ1) is 13.0.